The number of hydrogen-bond donors (Lipinski definition) is 0. The molecular weight excluding hydrogens is 342 g/mol. The molecule has 0 radical (unpaired) electrons. The van der Waals surface area contributed by atoms with E-state index in [0.717, 1.165) is 37.9 Å². The number of ketones is 1. The third-order valence-electron chi connectivity index (χ3n) is 5.07. The standard InChI is InChI=1S/C24H27NO.C2H6/c1-3-5-11-21-17-22(24(26)23(21)4-2)16-19-12-14-25(15-13-19)18-20-9-7-6-8-10-20;1-2/h3-4,6-14,22H,1,5,15-18H2,2H3;1-2H3/b21-11-,23-4+;. The number of nitrogens with zero attached hydrogens (tertiary/aromatic N) is 1. The monoisotopic (exact) mass is 375 g/mol. The summed E-state index contributed by atoms with van der Waals surface area (Å²) in [7, 11) is 0. The Balaban J connectivity index is 0.00000136. The Kier molecular flexibility index (Phi) is 8.74. The second kappa shape index (κ2) is 11.3. The highest BCUT2D eigenvalue weighted by atomic mass is 16.1. The minimum Gasteiger partial charge on any atom is -0.369 e. The van der Waals surface area contributed by atoms with Gasteiger partial charge in [0.1, 0.15) is 0 Å². The Bertz CT molecular complexity index is 780. The molecule has 1 aromatic carbocycles. The molecule has 1 fully saturated rings. The summed E-state index contributed by atoms with van der Waals surface area (Å²) in [6.45, 7) is 11.5. The van der Waals surface area contributed by atoms with Gasteiger partial charge in [-0.1, -0.05) is 68.5 Å². The van der Waals surface area contributed by atoms with Crippen molar-refractivity contribution in [3.63, 3.8) is 0 Å². The highest BCUT2D eigenvalue weighted by molar-refractivity contribution is 6.04. The van der Waals surface area contributed by atoms with E-state index in [0.29, 0.717) is 5.78 Å². The third-order valence-corrected chi connectivity index (χ3v) is 5.07. The van der Waals surface area contributed by atoms with E-state index in [-0.39, 0.29) is 5.92 Å². The molecule has 0 N–H and O–H groups in total. The van der Waals surface area contributed by atoms with Crippen LogP contribution in [0.15, 0.2) is 90.2 Å². The van der Waals surface area contributed by atoms with Gasteiger partial charge in [-0.15, -0.1) is 6.58 Å². The molecule has 28 heavy (non-hydrogen) atoms. The van der Waals surface area contributed by atoms with Crippen molar-refractivity contribution in [2.75, 3.05) is 6.54 Å². The van der Waals surface area contributed by atoms with Crippen LogP contribution >= 0.6 is 0 Å². The first-order valence-corrected chi connectivity index (χ1v) is 10.4. The predicted octanol–water partition coefficient (Wildman–Crippen LogP) is 6.40. The molecule has 1 heterocycles. The molecule has 2 nitrogen and oxygen atoms in total. The number of Topliss-reactive ketones (excluding diaryl/α,β-unsaturated/α-hetero) is 1. The van der Waals surface area contributed by atoms with E-state index >= 15 is 0 Å². The van der Waals surface area contributed by atoms with E-state index in [1.165, 1.54) is 16.7 Å². The molecule has 148 valence electrons. The number of carbonyl (C=O) groups is 1. The predicted molar refractivity (Wildman–Crippen MR) is 120 cm³/mol. The fourth-order valence-electron chi connectivity index (χ4n) is 3.69. The molecule has 0 spiro atoms. The van der Waals surface area contributed by atoms with Crippen LogP contribution in [0, 0.1) is 5.92 Å². The topological polar surface area (TPSA) is 20.3 Å². The second-order valence-electron chi connectivity index (χ2n) is 6.94. The molecule has 0 amide bonds. The van der Waals surface area contributed by atoms with Crippen molar-refractivity contribution in [1.29, 1.82) is 0 Å². The molecule has 1 aromatic rings. The molecule has 0 aromatic heterocycles. The Morgan fingerprint density at radius 3 is 2.57 bits per heavy atom. The zero-order chi connectivity index (χ0) is 20.4. The van der Waals surface area contributed by atoms with E-state index < -0.39 is 0 Å². The van der Waals surface area contributed by atoms with Crippen molar-refractivity contribution in [1.82, 2.24) is 4.90 Å². The molecule has 1 aliphatic heterocycles. The molecule has 3 rings (SSSR count). The number of carbonyl (C=O) groups excluding carboxylic acids is 1. The number of rotatable bonds is 6. The van der Waals surface area contributed by atoms with Crippen molar-refractivity contribution >= 4 is 5.78 Å². The Morgan fingerprint density at radius 2 is 1.96 bits per heavy atom. The summed E-state index contributed by atoms with van der Waals surface area (Å²) in [6.07, 6.45) is 15.1. The lowest BCUT2D eigenvalue weighted by atomic mass is 9.95. The quantitative estimate of drug-likeness (QED) is 0.424. The van der Waals surface area contributed by atoms with Gasteiger partial charge in [0.15, 0.2) is 5.78 Å². The van der Waals surface area contributed by atoms with Crippen LogP contribution in [0.1, 0.15) is 45.6 Å². The summed E-state index contributed by atoms with van der Waals surface area (Å²) in [5, 5.41) is 0. The summed E-state index contributed by atoms with van der Waals surface area (Å²) in [5.74, 6) is 0.373. The van der Waals surface area contributed by atoms with Gasteiger partial charge in [0.2, 0.25) is 0 Å². The summed E-state index contributed by atoms with van der Waals surface area (Å²) in [5.41, 5.74) is 4.68. The molecular formula is C26H33NO. The molecule has 0 bridgehead atoms. The van der Waals surface area contributed by atoms with Crippen LogP contribution in [0.25, 0.3) is 0 Å². The molecule has 1 unspecified atom stereocenters. The maximum Gasteiger partial charge on any atom is 0.166 e. The largest absolute Gasteiger partial charge is 0.369 e. The minimum absolute atomic E-state index is 0.0776. The molecule has 1 atom stereocenters. The van der Waals surface area contributed by atoms with E-state index in [4.69, 9.17) is 0 Å². The zero-order valence-corrected chi connectivity index (χ0v) is 17.5. The van der Waals surface area contributed by atoms with Crippen LogP contribution in [-0.4, -0.2) is 17.2 Å². The van der Waals surface area contributed by atoms with Crippen molar-refractivity contribution in [3.05, 3.63) is 95.8 Å². The van der Waals surface area contributed by atoms with Gasteiger partial charge in [-0.2, -0.15) is 0 Å². The first kappa shape index (κ1) is 21.7. The first-order valence-electron chi connectivity index (χ1n) is 10.4. The molecule has 1 saturated carbocycles. The van der Waals surface area contributed by atoms with Crippen LogP contribution in [0.5, 0.6) is 0 Å². The van der Waals surface area contributed by atoms with Crippen LogP contribution in [0.2, 0.25) is 0 Å². The van der Waals surface area contributed by atoms with Crippen molar-refractivity contribution in [3.8, 4) is 0 Å². The summed E-state index contributed by atoms with van der Waals surface area (Å²) in [6, 6.07) is 10.5. The van der Waals surface area contributed by atoms with Crippen molar-refractivity contribution < 1.29 is 4.79 Å². The third kappa shape index (κ3) is 5.69. The molecule has 0 saturated heterocycles. The van der Waals surface area contributed by atoms with Crippen LogP contribution in [0.4, 0.5) is 0 Å². The zero-order valence-electron chi connectivity index (χ0n) is 17.5. The number of allylic oxidation sites excluding steroid dienone is 7. The van der Waals surface area contributed by atoms with Gasteiger partial charge in [0.25, 0.3) is 0 Å². The van der Waals surface area contributed by atoms with Crippen LogP contribution < -0.4 is 0 Å². The van der Waals surface area contributed by atoms with Gasteiger partial charge in [-0.05, 0) is 55.2 Å². The summed E-state index contributed by atoms with van der Waals surface area (Å²) < 4.78 is 0. The van der Waals surface area contributed by atoms with Gasteiger partial charge in [0, 0.05) is 24.6 Å². The lowest BCUT2D eigenvalue weighted by Crippen LogP contribution is -2.20. The van der Waals surface area contributed by atoms with Gasteiger partial charge in [0.05, 0.1) is 0 Å². The van der Waals surface area contributed by atoms with Crippen LogP contribution in [0.3, 0.4) is 0 Å². The van der Waals surface area contributed by atoms with E-state index in [9.17, 15) is 4.79 Å². The lowest BCUT2D eigenvalue weighted by Gasteiger charge is -2.23. The van der Waals surface area contributed by atoms with Gasteiger partial charge in [-0.25, -0.2) is 0 Å². The number of benzene rings is 1. The Hall–Kier alpha value is -2.61. The van der Waals surface area contributed by atoms with Crippen LogP contribution in [-0.2, 0) is 11.3 Å². The maximum absolute atomic E-state index is 12.7. The Labute approximate surface area is 170 Å². The maximum atomic E-state index is 12.7. The molecule has 1 aliphatic carbocycles. The van der Waals surface area contributed by atoms with Crippen molar-refractivity contribution in [2.24, 2.45) is 5.92 Å². The SMILES string of the molecule is C=CC/C=C1/CC(CC2=CCN(Cc3ccccc3)C=C2)C(=O)/C1=C/C.CC. The lowest BCUT2D eigenvalue weighted by molar-refractivity contribution is -0.117. The van der Waals surface area contributed by atoms with E-state index in [1.54, 1.807) is 0 Å². The average molecular weight is 376 g/mol. The summed E-state index contributed by atoms with van der Waals surface area (Å²) >= 11 is 0. The fourth-order valence-corrected chi connectivity index (χ4v) is 3.69. The fraction of sp³-hybridized carbons (Fsp3) is 0.346. The highest BCUT2D eigenvalue weighted by Gasteiger charge is 2.32. The Morgan fingerprint density at radius 1 is 1.21 bits per heavy atom. The van der Waals surface area contributed by atoms with Gasteiger partial charge in [-0.3, -0.25) is 4.79 Å². The average Bonchev–Trinajstić information content (AvgIpc) is 3.04. The van der Waals surface area contributed by atoms with Gasteiger partial charge >= 0.3 is 0 Å². The van der Waals surface area contributed by atoms with Gasteiger partial charge < -0.3 is 4.90 Å². The minimum atomic E-state index is 0.0776. The normalized spacial score (nSPS) is 21.5. The smallest absolute Gasteiger partial charge is 0.166 e. The van der Waals surface area contributed by atoms with E-state index in [1.807, 2.05) is 39.0 Å². The van der Waals surface area contributed by atoms with Crippen molar-refractivity contribution in [2.45, 2.75) is 46.6 Å². The summed E-state index contributed by atoms with van der Waals surface area (Å²) in [4.78, 5) is 15.0. The molecule has 2 heteroatoms. The van der Waals surface area contributed by atoms with E-state index in [2.05, 4.69) is 60.2 Å². The second-order valence-corrected chi connectivity index (χ2v) is 6.94. The first-order chi connectivity index (χ1) is 13.7. The number of hydrogen-bond acceptors (Lipinski definition) is 2. The highest BCUT2D eigenvalue weighted by Crippen LogP contribution is 2.36. The molecule has 2 aliphatic rings.